The van der Waals surface area contributed by atoms with Gasteiger partial charge in [-0.05, 0) is 25.5 Å². The number of pyridine rings is 1. The van der Waals surface area contributed by atoms with Gasteiger partial charge < -0.3 is 10.0 Å². The first-order valence-corrected chi connectivity index (χ1v) is 6.41. The molecule has 4 nitrogen and oxygen atoms in total. The van der Waals surface area contributed by atoms with Crippen LogP contribution in [0.2, 0.25) is 0 Å². The molecule has 2 aliphatic rings. The molecule has 17 heavy (non-hydrogen) atoms. The summed E-state index contributed by atoms with van der Waals surface area (Å²) in [6.07, 6.45) is 6.28. The first-order chi connectivity index (χ1) is 8.38. The summed E-state index contributed by atoms with van der Waals surface area (Å²) in [7, 11) is 0. The molecule has 1 aromatic rings. The first-order valence-electron chi connectivity index (χ1n) is 6.41. The maximum absolute atomic E-state index is 9.37. The molecule has 1 atom stereocenters. The van der Waals surface area contributed by atoms with Crippen LogP contribution in [0.3, 0.4) is 0 Å². The van der Waals surface area contributed by atoms with Crippen molar-refractivity contribution in [2.24, 2.45) is 0 Å². The zero-order valence-corrected chi connectivity index (χ0v) is 10.0. The molecule has 0 radical (unpaired) electrons. The molecule has 1 N–H and O–H groups in total. The molecular formula is C13H19N3O. The number of rotatable bonds is 2. The van der Waals surface area contributed by atoms with Gasteiger partial charge in [0, 0.05) is 37.4 Å². The summed E-state index contributed by atoms with van der Waals surface area (Å²) in [5, 5.41) is 9.37. The van der Waals surface area contributed by atoms with Gasteiger partial charge in [-0.25, -0.2) is 0 Å². The highest BCUT2D eigenvalue weighted by atomic mass is 16.3. The normalized spacial score (nSPS) is 25.0. The highest BCUT2D eigenvalue weighted by molar-refractivity contribution is 5.52. The minimum absolute atomic E-state index is 0.0999. The van der Waals surface area contributed by atoms with Crippen molar-refractivity contribution in [1.29, 1.82) is 0 Å². The van der Waals surface area contributed by atoms with E-state index in [1.165, 1.54) is 19.4 Å². The molecule has 92 valence electrons. The molecule has 2 aliphatic heterocycles. The van der Waals surface area contributed by atoms with Crippen molar-refractivity contribution in [2.75, 3.05) is 31.1 Å². The summed E-state index contributed by atoms with van der Waals surface area (Å²) < 4.78 is 0. The highest BCUT2D eigenvalue weighted by Crippen LogP contribution is 2.27. The van der Waals surface area contributed by atoms with Crippen molar-refractivity contribution in [2.45, 2.75) is 25.5 Å². The van der Waals surface area contributed by atoms with E-state index in [0.717, 1.165) is 30.9 Å². The second-order valence-corrected chi connectivity index (χ2v) is 4.94. The molecule has 3 rings (SSSR count). The maximum atomic E-state index is 9.37. The van der Waals surface area contributed by atoms with Crippen LogP contribution >= 0.6 is 0 Å². The second-order valence-electron chi connectivity index (χ2n) is 4.94. The van der Waals surface area contributed by atoms with Gasteiger partial charge >= 0.3 is 0 Å². The lowest BCUT2D eigenvalue weighted by Gasteiger charge is -2.39. The number of hydrogen-bond acceptors (Lipinski definition) is 4. The van der Waals surface area contributed by atoms with Crippen molar-refractivity contribution >= 4 is 5.69 Å². The molecule has 1 aromatic heterocycles. The second kappa shape index (κ2) is 4.63. The smallest absolute Gasteiger partial charge is 0.0703 e. The Balaban J connectivity index is 1.80. The van der Waals surface area contributed by atoms with Crippen molar-refractivity contribution in [3.8, 4) is 0 Å². The molecule has 3 heterocycles. The topological polar surface area (TPSA) is 39.6 Å². The van der Waals surface area contributed by atoms with Crippen LogP contribution in [-0.4, -0.2) is 47.2 Å². The number of nitrogens with zero attached hydrogens (tertiary/aromatic N) is 3. The van der Waals surface area contributed by atoms with Gasteiger partial charge in [0.25, 0.3) is 0 Å². The SMILES string of the molecule is OCc1ccncc1N1CCN2CCCC2C1. The molecule has 2 fully saturated rings. The maximum Gasteiger partial charge on any atom is 0.0703 e. The third-order valence-corrected chi connectivity index (χ3v) is 3.99. The number of aliphatic hydroxyl groups is 1. The summed E-state index contributed by atoms with van der Waals surface area (Å²) in [6, 6.07) is 2.62. The summed E-state index contributed by atoms with van der Waals surface area (Å²) in [5.41, 5.74) is 2.10. The number of aromatic nitrogens is 1. The van der Waals surface area contributed by atoms with Crippen molar-refractivity contribution in [3.63, 3.8) is 0 Å². The largest absolute Gasteiger partial charge is 0.392 e. The van der Waals surface area contributed by atoms with E-state index in [1.54, 1.807) is 6.20 Å². The third-order valence-electron chi connectivity index (χ3n) is 3.99. The lowest BCUT2D eigenvalue weighted by atomic mass is 10.1. The van der Waals surface area contributed by atoms with Gasteiger partial charge in [0.05, 0.1) is 18.5 Å². The minimum Gasteiger partial charge on any atom is -0.392 e. The fourth-order valence-electron chi connectivity index (χ4n) is 3.04. The molecular weight excluding hydrogens is 214 g/mol. The Morgan fingerprint density at radius 3 is 3.18 bits per heavy atom. The van der Waals surface area contributed by atoms with Crippen LogP contribution in [0.4, 0.5) is 5.69 Å². The molecule has 0 aliphatic carbocycles. The summed E-state index contributed by atoms with van der Waals surface area (Å²) in [6.45, 7) is 4.64. The van der Waals surface area contributed by atoms with Gasteiger partial charge in [0.15, 0.2) is 0 Å². The van der Waals surface area contributed by atoms with Gasteiger partial charge in [-0.1, -0.05) is 0 Å². The van der Waals surface area contributed by atoms with Gasteiger partial charge in [-0.15, -0.1) is 0 Å². The molecule has 0 amide bonds. The molecule has 0 bridgehead atoms. The third kappa shape index (κ3) is 2.03. The van der Waals surface area contributed by atoms with Crippen LogP contribution in [0.5, 0.6) is 0 Å². The molecule has 0 saturated carbocycles. The van der Waals surface area contributed by atoms with E-state index in [2.05, 4.69) is 14.8 Å². The minimum atomic E-state index is 0.0999. The van der Waals surface area contributed by atoms with Crippen LogP contribution in [-0.2, 0) is 6.61 Å². The van der Waals surface area contributed by atoms with E-state index in [4.69, 9.17) is 0 Å². The predicted molar refractivity (Wildman–Crippen MR) is 67.0 cm³/mol. The molecule has 4 heteroatoms. The van der Waals surface area contributed by atoms with Gasteiger partial charge in [0.2, 0.25) is 0 Å². The molecule has 0 aromatic carbocycles. The van der Waals surface area contributed by atoms with E-state index in [9.17, 15) is 5.11 Å². The fraction of sp³-hybridized carbons (Fsp3) is 0.615. The zero-order valence-electron chi connectivity index (χ0n) is 10.0. The van der Waals surface area contributed by atoms with Crippen LogP contribution in [0, 0.1) is 0 Å². The predicted octanol–water partition coefficient (Wildman–Crippen LogP) is 0.858. The quantitative estimate of drug-likeness (QED) is 0.822. The number of aliphatic hydroxyl groups excluding tert-OH is 1. The van der Waals surface area contributed by atoms with Crippen LogP contribution < -0.4 is 4.90 Å². The van der Waals surface area contributed by atoms with Crippen LogP contribution in [0.25, 0.3) is 0 Å². The Bertz CT molecular complexity index is 396. The Morgan fingerprint density at radius 2 is 2.29 bits per heavy atom. The Labute approximate surface area is 102 Å². The average Bonchev–Trinajstić information content (AvgIpc) is 2.85. The summed E-state index contributed by atoms with van der Waals surface area (Å²) in [4.78, 5) is 9.16. The van der Waals surface area contributed by atoms with Gasteiger partial charge in [-0.3, -0.25) is 9.88 Å². The number of fused-ring (bicyclic) bond motifs is 1. The summed E-state index contributed by atoms with van der Waals surface area (Å²) >= 11 is 0. The average molecular weight is 233 g/mol. The van der Waals surface area contributed by atoms with Crippen LogP contribution in [0.15, 0.2) is 18.5 Å². The fourth-order valence-corrected chi connectivity index (χ4v) is 3.04. The van der Waals surface area contributed by atoms with Crippen molar-refractivity contribution in [1.82, 2.24) is 9.88 Å². The number of hydrogen-bond donors (Lipinski definition) is 1. The summed E-state index contributed by atoms with van der Waals surface area (Å²) in [5.74, 6) is 0. The van der Waals surface area contributed by atoms with E-state index < -0.39 is 0 Å². The van der Waals surface area contributed by atoms with E-state index in [0.29, 0.717) is 6.04 Å². The Hall–Kier alpha value is -1.13. The highest BCUT2D eigenvalue weighted by Gasteiger charge is 2.31. The zero-order chi connectivity index (χ0) is 11.7. The van der Waals surface area contributed by atoms with Gasteiger partial charge in [0.1, 0.15) is 0 Å². The van der Waals surface area contributed by atoms with E-state index in [1.807, 2.05) is 12.3 Å². The van der Waals surface area contributed by atoms with E-state index in [-0.39, 0.29) is 6.61 Å². The lowest BCUT2D eigenvalue weighted by Crippen LogP contribution is -2.50. The lowest BCUT2D eigenvalue weighted by molar-refractivity contribution is 0.229. The van der Waals surface area contributed by atoms with Crippen molar-refractivity contribution < 1.29 is 5.11 Å². The molecule has 1 unspecified atom stereocenters. The standard InChI is InChI=1S/C13H19N3O/c17-10-11-3-4-14-8-13(11)16-7-6-15-5-1-2-12(15)9-16/h3-4,8,12,17H,1-2,5-7,9-10H2. The van der Waals surface area contributed by atoms with E-state index >= 15 is 0 Å². The van der Waals surface area contributed by atoms with Gasteiger partial charge in [-0.2, -0.15) is 0 Å². The number of anilines is 1. The monoisotopic (exact) mass is 233 g/mol. The Morgan fingerprint density at radius 1 is 1.35 bits per heavy atom. The van der Waals surface area contributed by atoms with Crippen molar-refractivity contribution in [3.05, 3.63) is 24.0 Å². The Kier molecular flexibility index (Phi) is 2.99. The van der Waals surface area contributed by atoms with Crippen LogP contribution in [0.1, 0.15) is 18.4 Å². The number of piperazine rings is 1. The first kappa shape index (κ1) is 11.0. The molecule has 0 spiro atoms. The molecule has 2 saturated heterocycles.